The van der Waals surface area contributed by atoms with E-state index in [9.17, 15) is 4.79 Å². The number of rotatable bonds is 5. The van der Waals surface area contributed by atoms with Gasteiger partial charge in [-0.3, -0.25) is 4.79 Å². The van der Waals surface area contributed by atoms with Gasteiger partial charge in [-0.1, -0.05) is 31.2 Å². The van der Waals surface area contributed by atoms with E-state index in [-0.39, 0.29) is 11.9 Å². The van der Waals surface area contributed by atoms with E-state index in [2.05, 4.69) is 43.4 Å². The molecule has 1 aromatic rings. The molecule has 1 amide bonds. The third-order valence-corrected chi connectivity index (χ3v) is 2.95. The molecule has 3 heteroatoms. The molecule has 0 fully saturated rings. The average Bonchev–Trinajstić information content (AvgIpc) is 2.35. The van der Waals surface area contributed by atoms with Gasteiger partial charge in [-0.15, -0.1) is 0 Å². The number of hydrogen-bond donors (Lipinski definition) is 1. The first-order valence-corrected chi connectivity index (χ1v) is 6.07. The smallest absolute Gasteiger partial charge is 0.236 e. The van der Waals surface area contributed by atoms with Crippen molar-refractivity contribution in [2.75, 3.05) is 20.6 Å². The van der Waals surface area contributed by atoms with Crippen LogP contribution in [-0.2, 0) is 11.2 Å². The second-order valence-electron chi connectivity index (χ2n) is 4.49. The van der Waals surface area contributed by atoms with Crippen molar-refractivity contribution in [3.8, 4) is 0 Å². The zero-order chi connectivity index (χ0) is 12.8. The van der Waals surface area contributed by atoms with Crippen LogP contribution in [0.25, 0.3) is 0 Å². The number of benzene rings is 1. The minimum Gasteiger partial charge on any atom is -0.348 e. The van der Waals surface area contributed by atoms with E-state index in [1.165, 1.54) is 11.1 Å². The largest absolute Gasteiger partial charge is 0.348 e. The third-order valence-electron chi connectivity index (χ3n) is 2.95. The summed E-state index contributed by atoms with van der Waals surface area (Å²) in [6.45, 7) is 4.60. The Morgan fingerprint density at radius 2 is 1.88 bits per heavy atom. The topological polar surface area (TPSA) is 32.3 Å². The van der Waals surface area contributed by atoms with Crippen molar-refractivity contribution in [2.24, 2.45) is 0 Å². The average molecular weight is 234 g/mol. The van der Waals surface area contributed by atoms with Crippen LogP contribution in [0.4, 0.5) is 0 Å². The number of nitrogens with zero attached hydrogens (tertiary/aromatic N) is 1. The van der Waals surface area contributed by atoms with E-state index < -0.39 is 0 Å². The molecule has 1 aromatic carbocycles. The maximum absolute atomic E-state index is 11.4. The van der Waals surface area contributed by atoms with Gasteiger partial charge in [0, 0.05) is 20.1 Å². The van der Waals surface area contributed by atoms with Gasteiger partial charge in [-0.05, 0) is 24.5 Å². The van der Waals surface area contributed by atoms with Crippen molar-refractivity contribution < 1.29 is 4.79 Å². The lowest BCUT2D eigenvalue weighted by Gasteiger charge is -2.16. The Labute approximate surface area is 104 Å². The lowest BCUT2D eigenvalue weighted by Crippen LogP contribution is -2.34. The number of amides is 1. The molecule has 0 heterocycles. The third kappa shape index (κ3) is 4.19. The van der Waals surface area contributed by atoms with Gasteiger partial charge in [0.15, 0.2) is 0 Å². The summed E-state index contributed by atoms with van der Waals surface area (Å²) in [5, 5.41) is 3.23. The van der Waals surface area contributed by atoms with Crippen molar-refractivity contribution in [3.63, 3.8) is 0 Å². The molecule has 1 rings (SSSR count). The number of aryl methyl sites for hydroxylation is 1. The minimum absolute atomic E-state index is 0.0991. The molecule has 0 aromatic heterocycles. The molecular weight excluding hydrogens is 212 g/mol. The molecule has 0 spiro atoms. The highest BCUT2D eigenvalue weighted by Crippen LogP contribution is 2.13. The van der Waals surface area contributed by atoms with Crippen molar-refractivity contribution in [1.82, 2.24) is 10.2 Å². The number of carbonyl (C=O) groups is 1. The molecule has 0 aliphatic carbocycles. The first-order chi connectivity index (χ1) is 8.04. The summed E-state index contributed by atoms with van der Waals surface area (Å²) in [5.41, 5.74) is 2.55. The molecule has 94 valence electrons. The normalized spacial score (nSPS) is 12.2. The number of hydrogen-bond acceptors (Lipinski definition) is 2. The van der Waals surface area contributed by atoms with E-state index in [0.717, 1.165) is 6.42 Å². The Morgan fingerprint density at radius 1 is 1.29 bits per heavy atom. The van der Waals surface area contributed by atoms with Crippen LogP contribution in [0.15, 0.2) is 24.3 Å². The number of carbonyl (C=O) groups excluding carboxylic acids is 1. The summed E-state index contributed by atoms with van der Waals surface area (Å²) in [5.74, 6) is 0.0991. The molecule has 1 unspecified atom stereocenters. The van der Waals surface area contributed by atoms with Gasteiger partial charge < -0.3 is 10.2 Å². The number of likely N-dealkylation sites (N-methyl/N-ethyl adjacent to an activating group) is 1. The van der Waals surface area contributed by atoms with Crippen LogP contribution in [-0.4, -0.2) is 31.4 Å². The van der Waals surface area contributed by atoms with Crippen LogP contribution in [0.3, 0.4) is 0 Å². The predicted molar refractivity (Wildman–Crippen MR) is 70.9 cm³/mol. The highest BCUT2D eigenvalue weighted by molar-refractivity contribution is 5.77. The summed E-state index contributed by atoms with van der Waals surface area (Å²) < 4.78 is 0. The lowest BCUT2D eigenvalue weighted by molar-refractivity contribution is -0.127. The first kappa shape index (κ1) is 13.7. The molecule has 3 nitrogen and oxygen atoms in total. The van der Waals surface area contributed by atoms with E-state index in [0.29, 0.717) is 6.54 Å². The van der Waals surface area contributed by atoms with E-state index in [1.807, 2.05) is 0 Å². The van der Waals surface area contributed by atoms with Crippen LogP contribution >= 0.6 is 0 Å². The first-order valence-electron chi connectivity index (χ1n) is 6.07. The highest BCUT2D eigenvalue weighted by atomic mass is 16.2. The van der Waals surface area contributed by atoms with Gasteiger partial charge in [0.2, 0.25) is 5.91 Å². The van der Waals surface area contributed by atoms with Gasteiger partial charge in [0.05, 0.1) is 6.54 Å². The number of nitrogens with one attached hydrogen (secondary N) is 1. The van der Waals surface area contributed by atoms with E-state index in [4.69, 9.17) is 0 Å². The van der Waals surface area contributed by atoms with Crippen molar-refractivity contribution in [2.45, 2.75) is 26.3 Å². The monoisotopic (exact) mass is 234 g/mol. The second kappa shape index (κ2) is 6.40. The highest BCUT2D eigenvalue weighted by Gasteiger charge is 2.08. The molecule has 0 radical (unpaired) electrons. The molecule has 1 N–H and O–H groups in total. The minimum atomic E-state index is 0.0991. The van der Waals surface area contributed by atoms with Crippen LogP contribution in [0.5, 0.6) is 0 Å². The SMILES string of the molecule is CCc1ccc(C(C)NCC(=O)N(C)C)cc1. The Bertz CT molecular complexity index is 357. The molecule has 1 atom stereocenters. The van der Waals surface area contributed by atoms with Gasteiger partial charge in [0.1, 0.15) is 0 Å². The van der Waals surface area contributed by atoms with Gasteiger partial charge >= 0.3 is 0 Å². The molecule has 0 saturated carbocycles. The maximum Gasteiger partial charge on any atom is 0.236 e. The standard InChI is InChI=1S/C14H22N2O/c1-5-12-6-8-13(9-7-12)11(2)15-10-14(17)16(3)4/h6-9,11,15H,5,10H2,1-4H3. The summed E-state index contributed by atoms with van der Waals surface area (Å²) >= 11 is 0. The summed E-state index contributed by atoms with van der Waals surface area (Å²) in [6, 6.07) is 8.72. The van der Waals surface area contributed by atoms with Crippen LogP contribution in [0, 0.1) is 0 Å². The Hall–Kier alpha value is -1.35. The van der Waals surface area contributed by atoms with E-state index in [1.54, 1.807) is 19.0 Å². The molecular formula is C14H22N2O. The van der Waals surface area contributed by atoms with Crippen molar-refractivity contribution in [1.29, 1.82) is 0 Å². The van der Waals surface area contributed by atoms with Crippen LogP contribution < -0.4 is 5.32 Å². The quantitative estimate of drug-likeness (QED) is 0.845. The van der Waals surface area contributed by atoms with Crippen molar-refractivity contribution >= 4 is 5.91 Å². The fraction of sp³-hybridized carbons (Fsp3) is 0.500. The predicted octanol–water partition coefficient (Wildman–Crippen LogP) is 1.99. The fourth-order valence-corrected chi connectivity index (χ4v) is 1.56. The van der Waals surface area contributed by atoms with Gasteiger partial charge in [0.25, 0.3) is 0 Å². The van der Waals surface area contributed by atoms with Gasteiger partial charge in [-0.2, -0.15) is 0 Å². The van der Waals surface area contributed by atoms with Gasteiger partial charge in [-0.25, -0.2) is 0 Å². The van der Waals surface area contributed by atoms with Crippen molar-refractivity contribution in [3.05, 3.63) is 35.4 Å². The maximum atomic E-state index is 11.4. The molecule has 0 bridgehead atoms. The lowest BCUT2D eigenvalue weighted by atomic mass is 10.1. The summed E-state index contributed by atoms with van der Waals surface area (Å²) in [6.07, 6.45) is 1.06. The zero-order valence-electron chi connectivity index (χ0n) is 11.2. The molecule has 0 aliphatic heterocycles. The summed E-state index contributed by atoms with van der Waals surface area (Å²) in [4.78, 5) is 13.0. The summed E-state index contributed by atoms with van der Waals surface area (Å²) in [7, 11) is 3.54. The molecule has 0 saturated heterocycles. The van der Waals surface area contributed by atoms with Crippen LogP contribution in [0.1, 0.15) is 31.0 Å². The Balaban J connectivity index is 2.51. The fourth-order valence-electron chi connectivity index (χ4n) is 1.56. The molecule has 17 heavy (non-hydrogen) atoms. The Morgan fingerprint density at radius 3 is 2.35 bits per heavy atom. The molecule has 0 aliphatic rings. The second-order valence-corrected chi connectivity index (χ2v) is 4.49. The Kier molecular flexibility index (Phi) is 5.16. The van der Waals surface area contributed by atoms with Crippen LogP contribution in [0.2, 0.25) is 0 Å². The zero-order valence-corrected chi connectivity index (χ0v) is 11.2. The van der Waals surface area contributed by atoms with E-state index >= 15 is 0 Å².